The van der Waals surface area contributed by atoms with Crippen molar-refractivity contribution in [2.45, 2.75) is 0 Å². The van der Waals surface area contributed by atoms with Crippen molar-refractivity contribution in [2.24, 2.45) is 0 Å². The van der Waals surface area contributed by atoms with Crippen LogP contribution in [0.4, 0.5) is 0 Å². The van der Waals surface area contributed by atoms with E-state index in [2.05, 4.69) is 4.98 Å². The normalized spacial score (nSPS) is 10.1. The number of carbonyl (C=O) groups excluding carboxylic acids is 1. The molecule has 0 aliphatic heterocycles. The van der Waals surface area contributed by atoms with Crippen LogP contribution in [0.15, 0.2) is 18.2 Å². The number of hydrogen-bond donors (Lipinski definition) is 0. The monoisotopic (exact) mass is 390 g/mol. The third kappa shape index (κ3) is 3.62. The molecule has 0 atom stereocenters. The largest absolute Gasteiger partial charge is 0.493 e. The number of nitriles is 1. The van der Waals surface area contributed by atoms with Gasteiger partial charge in [-0.15, -0.1) is 0 Å². The fourth-order valence-electron chi connectivity index (χ4n) is 1.59. The van der Waals surface area contributed by atoms with Crippen molar-refractivity contribution >= 4 is 52.4 Å². The highest BCUT2D eigenvalue weighted by atomic mass is 35.5. The van der Waals surface area contributed by atoms with E-state index in [1.165, 1.54) is 25.3 Å². The summed E-state index contributed by atoms with van der Waals surface area (Å²) in [7, 11) is 1.37. The lowest BCUT2D eigenvalue weighted by Crippen LogP contribution is -2.12. The van der Waals surface area contributed by atoms with Gasteiger partial charge in [-0.05, 0) is 12.1 Å². The third-order valence-corrected chi connectivity index (χ3v) is 4.35. The smallest absolute Gasteiger partial charge is 0.364 e. The number of benzene rings is 1. The molecule has 0 N–H and O–H groups in total. The van der Waals surface area contributed by atoms with Crippen LogP contribution in [-0.4, -0.2) is 18.1 Å². The Morgan fingerprint density at radius 2 is 1.83 bits per heavy atom. The van der Waals surface area contributed by atoms with Crippen LogP contribution in [0.3, 0.4) is 0 Å². The van der Waals surface area contributed by atoms with Crippen molar-refractivity contribution < 1.29 is 14.3 Å². The second-order valence-electron chi connectivity index (χ2n) is 4.06. The van der Waals surface area contributed by atoms with E-state index in [1.807, 2.05) is 6.07 Å². The number of aromatic nitrogens is 1. The summed E-state index contributed by atoms with van der Waals surface area (Å²) in [6.07, 6.45) is 0. The predicted molar refractivity (Wildman–Crippen MR) is 86.9 cm³/mol. The summed E-state index contributed by atoms with van der Waals surface area (Å²) in [5, 5.41) is 8.32. The van der Waals surface area contributed by atoms with Crippen LogP contribution in [0.25, 0.3) is 0 Å². The molecule has 118 valence electrons. The van der Waals surface area contributed by atoms with Crippen molar-refractivity contribution in [1.82, 2.24) is 4.98 Å². The number of rotatable bonds is 3. The number of halogens is 4. The second-order valence-corrected chi connectivity index (χ2v) is 5.55. The number of methoxy groups -OCH3 is 1. The van der Waals surface area contributed by atoms with E-state index in [-0.39, 0.29) is 37.4 Å². The molecule has 2 rings (SSSR count). The average molecular weight is 392 g/mol. The highest BCUT2D eigenvalue weighted by molar-refractivity contribution is 6.52. The molecule has 9 heteroatoms. The number of esters is 1. The van der Waals surface area contributed by atoms with Gasteiger partial charge in [0.1, 0.15) is 5.15 Å². The molecule has 1 aromatic carbocycles. The topological polar surface area (TPSA) is 72.2 Å². The van der Waals surface area contributed by atoms with Gasteiger partial charge >= 0.3 is 5.97 Å². The maximum Gasteiger partial charge on any atom is 0.364 e. The minimum Gasteiger partial charge on any atom is -0.493 e. The lowest BCUT2D eigenvalue weighted by molar-refractivity contribution is 0.0724. The van der Waals surface area contributed by atoms with Gasteiger partial charge in [0.2, 0.25) is 0 Å². The maximum atomic E-state index is 12.2. The van der Waals surface area contributed by atoms with Crippen molar-refractivity contribution in [1.29, 1.82) is 5.26 Å². The summed E-state index contributed by atoms with van der Waals surface area (Å²) in [5.41, 5.74) is 0.0490. The Labute approximate surface area is 151 Å². The van der Waals surface area contributed by atoms with Crippen molar-refractivity contribution in [2.75, 3.05) is 7.11 Å². The second kappa shape index (κ2) is 7.24. The van der Waals surface area contributed by atoms with E-state index in [0.29, 0.717) is 5.56 Å². The Morgan fingerprint density at radius 1 is 1.13 bits per heavy atom. The first-order valence-electron chi connectivity index (χ1n) is 5.89. The lowest BCUT2D eigenvalue weighted by atomic mass is 10.2. The van der Waals surface area contributed by atoms with Gasteiger partial charge < -0.3 is 9.47 Å². The van der Waals surface area contributed by atoms with Gasteiger partial charge in [0, 0.05) is 6.07 Å². The summed E-state index contributed by atoms with van der Waals surface area (Å²) < 4.78 is 10.2. The number of ether oxygens (including phenoxy) is 2. The average Bonchev–Trinajstić information content (AvgIpc) is 2.56. The molecule has 2 aromatic rings. The predicted octanol–water partition coefficient (Wildman–Crippen LogP) is 4.79. The minimum atomic E-state index is -0.904. The highest BCUT2D eigenvalue weighted by Crippen LogP contribution is 2.37. The number of hydrogen-bond acceptors (Lipinski definition) is 5. The van der Waals surface area contributed by atoms with Crippen LogP contribution in [0.1, 0.15) is 16.1 Å². The van der Waals surface area contributed by atoms with E-state index in [4.69, 9.17) is 61.1 Å². The standard InChI is InChI=1S/C14H6Cl4N2O3/c1-22-8-4-6(5-19)2-3-7(8)23-14(21)12-10(16)9(15)11(17)13(18)20-12/h2-4H,1H3. The first-order chi connectivity index (χ1) is 10.9. The minimum absolute atomic E-state index is 0.0640. The summed E-state index contributed by atoms with van der Waals surface area (Å²) in [4.78, 5) is 16.0. The van der Waals surface area contributed by atoms with Crippen LogP contribution in [0, 0.1) is 11.3 Å². The van der Waals surface area contributed by atoms with Crippen LogP contribution in [-0.2, 0) is 0 Å². The van der Waals surface area contributed by atoms with Gasteiger partial charge in [0.25, 0.3) is 0 Å². The van der Waals surface area contributed by atoms with E-state index < -0.39 is 5.97 Å². The van der Waals surface area contributed by atoms with Gasteiger partial charge in [-0.1, -0.05) is 46.4 Å². The molecule has 0 saturated carbocycles. The lowest BCUT2D eigenvalue weighted by Gasteiger charge is -2.11. The molecule has 0 radical (unpaired) electrons. The van der Waals surface area contributed by atoms with Gasteiger partial charge in [-0.25, -0.2) is 9.78 Å². The van der Waals surface area contributed by atoms with Crippen LogP contribution in [0.2, 0.25) is 20.2 Å². The van der Waals surface area contributed by atoms with Crippen molar-refractivity contribution in [3.63, 3.8) is 0 Å². The van der Waals surface area contributed by atoms with Crippen LogP contribution < -0.4 is 9.47 Å². The molecule has 5 nitrogen and oxygen atoms in total. The molecule has 23 heavy (non-hydrogen) atoms. The van der Waals surface area contributed by atoms with Crippen LogP contribution in [0.5, 0.6) is 11.5 Å². The molecule has 0 aliphatic rings. The Bertz CT molecular complexity index is 834. The summed E-state index contributed by atoms with van der Waals surface area (Å²) in [6.45, 7) is 0. The van der Waals surface area contributed by atoms with Crippen molar-refractivity contribution in [3.05, 3.63) is 49.7 Å². The summed E-state index contributed by atoms with van der Waals surface area (Å²) in [5.74, 6) is -0.630. The van der Waals surface area contributed by atoms with E-state index >= 15 is 0 Å². The van der Waals surface area contributed by atoms with Gasteiger partial charge in [-0.2, -0.15) is 5.26 Å². The molecule has 0 saturated heterocycles. The zero-order valence-electron chi connectivity index (χ0n) is 11.4. The summed E-state index contributed by atoms with van der Waals surface area (Å²) in [6, 6.07) is 6.22. The molecule has 0 spiro atoms. The van der Waals surface area contributed by atoms with Gasteiger partial charge in [-0.3, -0.25) is 0 Å². The van der Waals surface area contributed by atoms with Crippen molar-refractivity contribution in [3.8, 4) is 17.6 Å². The quantitative estimate of drug-likeness (QED) is 0.427. The van der Waals surface area contributed by atoms with E-state index in [0.717, 1.165) is 0 Å². The molecule has 0 unspecified atom stereocenters. The Balaban J connectivity index is 2.39. The fourth-order valence-corrected chi connectivity index (χ4v) is 2.40. The Hall–Kier alpha value is -1.71. The molecule has 0 fully saturated rings. The molecule has 0 aliphatic carbocycles. The molecular formula is C14H6Cl4N2O3. The van der Waals surface area contributed by atoms with E-state index in [1.54, 1.807) is 0 Å². The molecule has 0 amide bonds. The number of carbonyl (C=O) groups is 1. The Kier molecular flexibility index (Phi) is 5.55. The van der Waals surface area contributed by atoms with Gasteiger partial charge in [0.05, 0.1) is 33.8 Å². The SMILES string of the molecule is COc1cc(C#N)ccc1OC(=O)c1nc(Cl)c(Cl)c(Cl)c1Cl. The molecule has 1 heterocycles. The Morgan fingerprint density at radius 3 is 2.43 bits per heavy atom. The third-order valence-electron chi connectivity index (χ3n) is 2.67. The van der Waals surface area contributed by atoms with Crippen LogP contribution >= 0.6 is 46.4 Å². The molecule has 1 aromatic heterocycles. The fraction of sp³-hybridized carbons (Fsp3) is 0.0714. The number of pyridine rings is 1. The maximum absolute atomic E-state index is 12.2. The zero-order valence-corrected chi connectivity index (χ0v) is 14.4. The zero-order chi connectivity index (χ0) is 17.1. The first-order valence-corrected chi connectivity index (χ1v) is 7.40. The van der Waals surface area contributed by atoms with Gasteiger partial charge in [0.15, 0.2) is 17.2 Å². The first kappa shape index (κ1) is 17.6. The molecular weight excluding hydrogens is 386 g/mol. The molecule has 0 bridgehead atoms. The number of nitrogens with zero attached hydrogens (tertiary/aromatic N) is 2. The summed E-state index contributed by atoms with van der Waals surface area (Å²) >= 11 is 23.4. The highest BCUT2D eigenvalue weighted by Gasteiger charge is 2.23. The van der Waals surface area contributed by atoms with E-state index in [9.17, 15) is 4.79 Å².